The zero-order chi connectivity index (χ0) is 13.2. The number of hydrogen-bond acceptors (Lipinski definition) is 4. The van der Waals surface area contributed by atoms with Gasteiger partial charge < -0.3 is 0 Å². The Morgan fingerprint density at radius 2 is 2.16 bits per heavy atom. The number of imidazole rings is 1. The summed E-state index contributed by atoms with van der Waals surface area (Å²) in [5.41, 5.74) is 1.62. The number of ketones is 1. The molecule has 0 saturated heterocycles. The maximum absolute atomic E-state index is 11.6. The number of thiazole rings is 1. The lowest BCUT2D eigenvalue weighted by molar-refractivity contribution is 0.0998. The molecule has 2 aromatic heterocycles. The van der Waals surface area contributed by atoms with E-state index in [0.717, 1.165) is 15.4 Å². The Balaban J connectivity index is 1.92. The van der Waals surface area contributed by atoms with Crippen molar-refractivity contribution in [3.05, 3.63) is 48.4 Å². The molecule has 0 atom stereocenters. The van der Waals surface area contributed by atoms with Crippen LogP contribution in [0.2, 0.25) is 0 Å². The third-order valence-electron chi connectivity index (χ3n) is 2.82. The number of carbonyl (C=O) groups is 1. The smallest absolute Gasteiger partial charge is 0.194 e. The highest BCUT2D eigenvalue weighted by molar-refractivity contribution is 7.20. The molecule has 2 heterocycles. The Hall–Kier alpha value is -2.45. The van der Waals surface area contributed by atoms with Crippen LogP contribution in [-0.4, -0.2) is 15.2 Å². The first-order valence-corrected chi connectivity index (χ1v) is 6.52. The highest BCUT2D eigenvalue weighted by atomic mass is 32.1. The summed E-state index contributed by atoms with van der Waals surface area (Å²) < 4.78 is 1.97. The molecule has 0 aliphatic rings. The first kappa shape index (κ1) is 11.6. The molecule has 3 rings (SSSR count). The van der Waals surface area contributed by atoms with Gasteiger partial charge in [0, 0.05) is 24.2 Å². The van der Waals surface area contributed by atoms with Crippen LogP contribution in [-0.2, 0) is 0 Å². The Labute approximate surface area is 113 Å². The van der Waals surface area contributed by atoms with E-state index in [1.165, 1.54) is 0 Å². The van der Waals surface area contributed by atoms with Crippen LogP contribution in [0.3, 0.4) is 0 Å². The van der Waals surface area contributed by atoms with Crippen LogP contribution in [0.25, 0.3) is 15.4 Å². The minimum atomic E-state index is -0.143. The molecule has 0 aliphatic heterocycles. The molecule has 1 aromatic carbocycles. The van der Waals surface area contributed by atoms with E-state index in [1.807, 2.05) is 35.0 Å². The van der Waals surface area contributed by atoms with Crippen LogP contribution >= 0.6 is 11.3 Å². The summed E-state index contributed by atoms with van der Waals surface area (Å²) in [5, 5.41) is 8.51. The van der Waals surface area contributed by atoms with E-state index in [0.29, 0.717) is 5.56 Å². The van der Waals surface area contributed by atoms with E-state index in [2.05, 4.69) is 4.98 Å². The van der Waals surface area contributed by atoms with Gasteiger partial charge in [0.1, 0.15) is 0 Å². The number of Topliss-reactive ketones (excluding diaryl/α,β-unsaturated/α-hetero) is 1. The average molecular weight is 267 g/mol. The van der Waals surface area contributed by atoms with Crippen molar-refractivity contribution in [1.29, 1.82) is 5.26 Å². The van der Waals surface area contributed by atoms with Crippen LogP contribution in [0.15, 0.2) is 42.9 Å². The highest BCUT2D eigenvalue weighted by Gasteiger charge is 2.07. The van der Waals surface area contributed by atoms with E-state index >= 15 is 0 Å². The fraction of sp³-hybridized carbons (Fsp3) is 0.0714. The summed E-state index contributed by atoms with van der Waals surface area (Å²) >= 11 is 1.60. The van der Waals surface area contributed by atoms with E-state index in [1.54, 1.807) is 29.7 Å². The van der Waals surface area contributed by atoms with E-state index in [4.69, 9.17) is 5.26 Å². The highest BCUT2D eigenvalue weighted by Crippen LogP contribution is 2.28. The van der Waals surface area contributed by atoms with Crippen molar-refractivity contribution in [1.82, 2.24) is 9.38 Å². The molecule has 0 unspecified atom stereocenters. The predicted molar refractivity (Wildman–Crippen MR) is 73.1 cm³/mol. The van der Waals surface area contributed by atoms with Gasteiger partial charge in [-0.15, -0.1) is 0 Å². The van der Waals surface area contributed by atoms with Crippen molar-refractivity contribution in [3.63, 3.8) is 0 Å². The van der Waals surface area contributed by atoms with Crippen molar-refractivity contribution >= 4 is 22.1 Å². The summed E-state index contributed by atoms with van der Waals surface area (Å²) in [5.74, 6) is -0.143. The lowest BCUT2D eigenvalue weighted by Gasteiger charge is -1.99. The second-order valence-corrected chi connectivity index (χ2v) is 5.06. The molecule has 19 heavy (non-hydrogen) atoms. The molecule has 3 aromatic rings. The number of nitrogens with zero attached hydrogens (tertiary/aromatic N) is 3. The lowest BCUT2D eigenvalue weighted by atomic mass is 10.1. The number of nitriles is 1. The van der Waals surface area contributed by atoms with Crippen molar-refractivity contribution < 1.29 is 4.79 Å². The van der Waals surface area contributed by atoms with Crippen LogP contribution in [0.1, 0.15) is 16.8 Å². The summed E-state index contributed by atoms with van der Waals surface area (Å²) in [7, 11) is 0. The van der Waals surface area contributed by atoms with E-state index in [9.17, 15) is 4.79 Å². The molecule has 0 amide bonds. The van der Waals surface area contributed by atoms with Crippen LogP contribution < -0.4 is 0 Å². The average Bonchev–Trinajstić information content (AvgIpc) is 3.00. The van der Waals surface area contributed by atoms with Gasteiger partial charge in [-0.1, -0.05) is 35.6 Å². The minimum absolute atomic E-state index is 0.0772. The van der Waals surface area contributed by atoms with Gasteiger partial charge in [-0.3, -0.25) is 9.20 Å². The van der Waals surface area contributed by atoms with Crippen LogP contribution in [0.4, 0.5) is 0 Å². The largest absolute Gasteiger partial charge is 0.297 e. The third-order valence-corrected chi connectivity index (χ3v) is 3.88. The number of carbonyl (C=O) groups excluding carboxylic acids is 1. The molecule has 0 aliphatic carbocycles. The summed E-state index contributed by atoms with van der Waals surface area (Å²) in [4.78, 5) is 17.8. The van der Waals surface area contributed by atoms with Crippen molar-refractivity contribution in [2.45, 2.75) is 6.42 Å². The van der Waals surface area contributed by atoms with Gasteiger partial charge in [0.15, 0.2) is 10.7 Å². The maximum Gasteiger partial charge on any atom is 0.194 e. The zero-order valence-electron chi connectivity index (χ0n) is 9.91. The second-order valence-electron chi connectivity index (χ2n) is 4.05. The van der Waals surface area contributed by atoms with E-state index < -0.39 is 0 Å². The first-order chi connectivity index (χ1) is 9.28. The number of benzene rings is 1. The molecule has 4 nitrogen and oxygen atoms in total. The fourth-order valence-electron chi connectivity index (χ4n) is 1.86. The number of hydrogen-bond donors (Lipinski definition) is 0. The Bertz CT molecular complexity index is 748. The van der Waals surface area contributed by atoms with Gasteiger partial charge in [-0.25, -0.2) is 4.98 Å². The maximum atomic E-state index is 11.6. The predicted octanol–water partition coefficient (Wildman–Crippen LogP) is 3.16. The van der Waals surface area contributed by atoms with Crippen molar-refractivity contribution in [2.24, 2.45) is 0 Å². The first-order valence-electron chi connectivity index (χ1n) is 5.71. The normalized spacial score (nSPS) is 10.5. The second kappa shape index (κ2) is 4.67. The molecule has 0 N–H and O–H groups in total. The molecule has 92 valence electrons. The molecule has 0 saturated carbocycles. The number of fused-ring (bicyclic) bond motifs is 1. The summed E-state index contributed by atoms with van der Waals surface area (Å²) in [6.07, 6.45) is 5.60. The van der Waals surface area contributed by atoms with E-state index in [-0.39, 0.29) is 12.2 Å². The molecule has 0 radical (unpaired) electrons. The zero-order valence-corrected chi connectivity index (χ0v) is 10.7. The Kier molecular flexibility index (Phi) is 2.86. The fourth-order valence-corrected chi connectivity index (χ4v) is 2.80. The molecule has 0 fully saturated rings. The Morgan fingerprint density at radius 1 is 1.37 bits per heavy atom. The number of rotatable bonds is 3. The van der Waals surface area contributed by atoms with Gasteiger partial charge in [-0.05, 0) is 5.56 Å². The quantitative estimate of drug-likeness (QED) is 0.685. The van der Waals surface area contributed by atoms with Gasteiger partial charge in [-0.2, -0.15) is 5.26 Å². The molecule has 0 spiro atoms. The monoisotopic (exact) mass is 267 g/mol. The molecular formula is C14H9N3OS. The third kappa shape index (κ3) is 2.14. The molecular weight excluding hydrogens is 258 g/mol. The van der Waals surface area contributed by atoms with Crippen LogP contribution in [0.5, 0.6) is 0 Å². The van der Waals surface area contributed by atoms with Gasteiger partial charge in [0.25, 0.3) is 0 Å². The standard InChI is InChI=1S/C14H9N3OS/c15-6-5-12(18)10-1-3-11(4-2-10)13-9-17-8-7-16-14(17)19-13/h1-4,7-9H,5H2. The van der Waals surface area contributed by atoms with Crippen molar-refractivity contribution in [3.8, 4) is 16.5 Å². The SMILES string of the molecule is N#CCC(=O)c1ccc(-c2cn3ccnc3s2)cc1. The van der Waals surface area contributed by atoms with Gasteiger partial charge in [0.05, 0.1) is 17.4 Å². The van der Waals surface area contributed by atoms with Crippen LogP contribution in [0, 0.1) is 11.3 Å². The Morgan fingerprint density at radius 3 is 2.84 bits per heavy atom. The van der Waals surface area contributed by atoms with Gasteiger partial charge in [0.2, 0.25) is 0 Å². The molecule has 5 heteroatoms. The number of aromatic nitrogens is 2. The summed E-state index contributed by atoms with van der Waals surface area (Å²) in [6.45, 7) is 0. The van der Waals surface area contributed by atoms with Gasteiger partial charge >= 0.3 is 0 Å². The minimum Gasteiger partial charge on any atom is -0.297 e. The van der Waals surface area contributed by atoms with Crippen molar-refractivity contribution in [2.75, 3.05) is 0 Å². The summed E-state index contributed by atoms with van der Waals surface area (Å²) in [6, 6.07) is 9.19. The lowest BCUT2D eigenvalue weighted by Crippen LogP contribution is -1.96. The topological polar surface area (TPSA) is 58.2 Å². The molecule has 0 bridgehead atoms.